The van der Waals surface area contributed by atoms with Gasteiger partial charge in [-0.3, -0.25) is 4.79 Å². The summed E-state index contributed by atoms with van der Waals surface area (Å²) in [5.74, 6) is 2.04. The lowest BCUT2D eigenvalue weighted by Crippen LogP contribution is -2.27. The maximum atomic E-state index is 11.6. The molecule has 1 aliphatic rings. The third-order valence-corrected chi connectivity index (χ3v) is 2.85. The molecule has 1 N–H and O–H groups in total. The molecule has 0 spiro atoms. The summed E-state index contributed by atoms with van der Waals surface area (Å²) in [6.07, 6.45) is 3.52. The van der Waals surface area contributed by atoms with Crippen LogP contribution in [-0.2, 0) is 0 Å². The van der Waals surface area contributed by atoms with Crippen LogP contribution in [0.15, 0.2) is 18.5 Å². The molecule has 1 amide bonds. The predicted molar refractivity (Wildman–Crippen MR) is 49.2 cm³/mol. The quantitative estimate of drug-likeness (QED) is 0.707. The molecular formula is C8H10N2OS. The highest BCUT2D eigenvalue weighted by molar-refractivity contribution is 7.99. The fraction of sp³-hybridized carbons (Fsp3) is 0.375. The van der Waals surface area contributed by atoms with Gasteiger partial charge in [0.2, 0.25) is 0 Å². The predicted octanol–water partition coefficient (Wildman–Crippen LogP) is 1.16. The minimum absolute atomic E-state index is 0.140. The summed E-state index contributed by atoms with van der Waals surface area (Å²) in [6, 6.07) is 1.81. The first kappa shape index (κ1) is 7.73. The Hall–Kier alpha value is -0.900. The van der Waals surface area contributed by atoms with Gasteiger partial charge in [-0.25, -0.2) is 0 Å². The highest BCUT2D eigenvalue weighted by Crippen LogP contribution is 2.15. The molecule has 2 heterocycles. The first-order valence-electron chi connectivity index (χ1n) is 3.88. The SMILES string of the molecule is O=C(c1cc[nH]c1)N1CCSC1. The van der Waals surface area contributed by atoms with Crippen molar-refractivity contribution >= 4 is 17.7 Å². The number of thioether (sulfide) groups is 1. The fourth-order valence-corrected chi connectivity index (χ4v) is 2.16. The van der Waals surface area contributed by atoms with Crippen molar-refractivity contribution < 1.29 is 4.79 Å². The van der Waals surface area contributed by atoms with Gasteiger partial charge >= 0.3 is 0 Å². The maximum Gasteiger partial charge on any atom is 0.256 e. The average molecular weight is 182 g/mol. The van der Waals surface area contributed by atoms with Crippen LogP contribution in [0.4, 0.5) is 0 Å². The van der Waals surface area contributed by atoms with Crippen molar-refractivity contribution in [2.24, 2.45) is 0 Å². The van der Waals surface area contributed by atoms with E-state index in [4.69, 9.17) is 0 Å². The van der Waals surface area contributed by atoms with E-state index in [-0.39, 0.29) is 5.91 Å². The van der Waals surface area contributed by atoms with E-state index in [9.17, 15) is 4.79 Å². The Morgan fingerprint density at radius 3 is 3.17 bits per heavy atom. The second-order valence-corrected chi connectivity index (χ2v) is 3.78. The van der Waals surface area contributed by atoms with Crippen LogP contribution in [0.25, 0.3) is 0 Å². The average Bonchev–Trinajstić information content (AvgIpc) is 2.77. The number of aromatic nitrogens is 1. The van der Waals surface area contributed by atoms with Gasteiger partial charge in [0.05, 0.1) is 11.4 Å². The lowest BCUT2D eigenvalue weighted by molar-refractivity contribution is 0.0803. The standard InChI is InChI=1S/C8H10N2OS/c11-8(7-1-2-9-5-7)10-3-4-12-6-10/h1-2,5,9H,3-4,6H2. The summed E-state index contributed by atoms with van der Waals surface area (Å²) in [7, 11) is 0. The normalized spacial score (nSPS) is 16.8. The van der Waals surface area contributed by atoms with E-state index in [1.165, 1.54) is 0 Å². The second-order valence-electron chi connectivity index (χ2n) is 2.71. The van der Waals surface area contributed by atoms with Crippen LogP contribution in [0.3, 0.4) is 0 Å². The molecule has 2 rings (SSSR count). The van der Waals surface area contributed by atoms with Crippen molar-refractivity contribution in [2.75, 3.05) is 18.2 Å². The van der Waals surface area contributed by atoms with Crippen molar-refractivity contribution in [1.82, 2.24) is 9.88 Å². The molecule has 1 saturated heterocycles. The van der Waals surface area contributed by atoms with Crippen molar-refractivity contribution in [3.05, 3.63) is 24.0 Å². The van der Waals surface area contributed by atoms with Gasteiger partial charge in [0.25, 0.3) is 5.91 Å². The van der Waals surface area contributed by atoms with Crippen LogP contribution in [0, 0.1) is 0 Å². The molecule has 12 heavy (non-hydrogen) atoms. The number of hydrogen-bond donors (Lipinski definition) is 1. The lowest BCUT2D eigenvalue weighted by Gasteiger charge is -2.12. The van der Waals surface area contributed by atoms with Crippen molar-refractivity contribution in [2.45, 2.75) is 0 Å². The molecule has 3 nitrogen and oxygen atoms in total. The van der Waals surface area contributed by atoms with Gasteiger partial charge in [-0.05, 0) is 6.07 Å². The monoisotopic (exact) mass is 182 g/mol. The maximum absolute atomic E-state index is 11.6. The van der Waals surface area contributed by atoms with Gasteiger partial charge in [-0.15, -0.1) is 11.8 Å². The molecule has 0 aliphatic carbocycles. The minimum atomic E-state index is 0.140. The Labute approximate surface area is 75.1 Å². The molecule has 0 aromatic carbocycles. The summed E-state index contributed by atoms with van der Waals surface area (Å²) in [5.41, 5.74) is 0.762. The zero-order chi connectivity index (χ0) is 8.39. The van der Waals surface area contributed by atoms with E-state index in [0.717, 1.165) is 23.7 Å². The third-order valence-electron chi connectivity index (χ3n) is 1.88. The molecule has 0 bridgehead atoms. The minimum Gasteiger partial charge on any atom is -0.367 e. The van der Waals surface area contributed by atoms with Crippen LogP contribution in [0.5, 0.6) is 0 Å². The molecule has 0 saturated carbocycles. The van der Waals surface area contributed by atoms with Crippen molar-refractivity contribution in [1.29, 1.82) is 0 Å². The number of H-pyrrole nitrogens is 1. The first-order valence-corrected chi connectivity index (χ1v) is 5.03. The molecule has 0 atom stereocenters. The van der Waals surface area contributed by atoms with E-state index in [2.05, 4.69) is 4.98 Å². The van der Waals surface area contributed by atoms with Gasteiger partial charge in [0.1, 0.15) is 0 Å². The van der Waals surface area contributed by atoms with Gasteiger partial charge in [-0.1, -0.05) is 0 Å². The Morgan fingerprint density at radius 2 is 2.58 bits per heavy atom. The lowest BCUT2D eigenvalue weighted by atomic mass is 10.3. The van der Waals surface area contributed by atoms with E-state index in [1.54, 1.807) is 24.2 Å². The zero-order valence-electron chi connectivity index (χ0n) is 6.62. The first-order chi connectivity index (χ1) is 5.88. The molecule has 64 valence electrons. The van der Waals surface area contributed by atoms with Crippen molar-refractivity contribution in [3.63, 3.8) is 0 Å². The summed E-state index contributed by atoms with van der Waals surface area (Å²) in [5, 5.41) is 0. The van der Waals surface area contributed by atoms with E-state index < -0.39 is 0 Å². The molecule has 0 unspecified atom stereocenters. The molecular weight excluding hydrogens is 172 g/mol. The smallest absolute Gasteiger partial charge is 0.256 e. The summed E-state index contributed by atoms with van der Waals surface area (Å²) in [4.78, 5) is 16.3. The van der Waals surface area contributed by atoms with E-state index in [0.29, 0.717) is 0 Å². The van der Waals surface area contributed by atoms with Crippen LogP contribution < -0.4 is 0 Å². The van der Waals surface area contributed by atoms with Crippen LogP contribution in [-0.4, -0.2) is 34.0 Å². The molecule has 1 aliphatic heterocycles. The Morgan fingerprint density at radius 1 is 1.67 bits per heavy atom. The molecule has 4 heteroatoms. The van der Waals surface area contributed by atoms with Crippen LogP contribution >= 0.6 is 11.8 Å². The number of amides is 1. The fourth-order valence-electron chi connectivity index (χ4n) is 1.21. The highest BCUT2D eigenvalue weighted by Gasteiger charge is 2.19. The van der Waals surface area contributed by atoms with Gasteiger partial charge < -0.3 is 9.88 Å². The second kappa shape index (κ2) is 3.23. The molecule has 1 aromatic rings. The van der Waals surface area contributed by atoms with Gasteiger partial charge in [-0.2, -0.15) is 0 Å². The number of carbonyl (C=O) groups is 1. The molecule has 1 fully saturated rings. The zero-order valence-corrected chi connectivity index (χ0v) is 7.43. The highest BCUT2D eigenvalue weighted by atomic mass is 32.2. The largest absolute Gasteiger partial charge is 0.367 e. The van der Waals surface area contributed by atoms with Gasteiger partial charge in [0.15, 0.2) is 0 Å². The number of aromatic amines is 1. The van der Waals surface area contributed by atoms with Crippen LogP contribution in [0.1, 0.15) is 10.4 Å². The molecule has 0 radical (unpaired) electrons. The number of nitrogens with zero attached hydrogens (tertiary/aromatic N) is 1. The van der Waals surface area contributed by atoms with E-state index >= 15 is 0 Å². The molecule has 1 aromatic heterocycles. The number of nitrogens with one attached hydrogen (secondary N) is 1. The number of rotatable bonds is 1. The third kappa shape index (κ3) is 1.34. The Bertz CT molecular complexity index is 265. The summed E-state index contributed by atoms with van der Waals surface area (Å²) in [6.45, 7) is 0.884. The summed E-state index contributed by atoms with van der Waals surface area (Å²) >= 11 is 1.80. The van der Waals surface area contributed by atoms with Gasteiger partial charge in [0, 0.05) is 24.7 Å². The van der Waals surface area contributed by atoms with E-state index in [1.807, 2.05) is 11.0 Å². The topological polar surface area (TPSA) is 36.1 Å². The van der Waals surface area contributed by atoms with Crippen molar-refractivity contribution in [3.8, 4) is 0 Å². The Balaban J connectivity index is 2.09. The summed E-state index contributed by atoms with van der Waals surface area (Å²) < 4.78 is 0. The van der Waals surface area contributed by atoms with Crippen LogP contribution in [0.2, 0.25) is 0 Å². The Kier molecular flexibility index (Phi) is 2.08. The number of carbonyl (C=O) groups excluding carboxylic acids is 1. The number of hydrogen-bond acceptors (Lipinski definition) is 2.